The smallest absolute Gasteiger partial charge is 0.384 e. The second-order valence-corrected chi connectivity index (χ2v) is 5.06. The summed E-state index contributed by atoms with van der Waals surface area (Å²) in [5.74, 6) is -0.0503. The summed E-state index contributed by atoms with van der Waals surface area (Å²) in [4.78, 5) is 16.1. The Bertz CT molecular complexity index is 713. The molecule has 2 aromatic rings. The van der Waals surface area contributed by atoms with Crippen LogP contribution in [0.3, 0.4) is 0 Å². The van der Waals surface area contributed by atoms with Crippen LogP contribution in [0.2, 0.25) is 0 Å². The molecular weight excluding hydrogens is 327 g/mol. The number of hydrogen-bond acceptors (Lipinski definition) is 5. The minimum atomic E-state index is -4.51. The number of carbonyl (C=O) groups excluding carboxylic acids is 1. The van der Waals surface area contributed by atoms with Crippen molar-refractivity contribution in [1.82, 2.24) is 15.5 Å². The Balaban J connectivity index is 2.03. The second-order valence-electron chi connectivity index (χ2n) is 5.06. The molecule has 2 rings (SSSR count). The van der Waals surface area contributed by atoms with Crippen molar-refractivity contribution in [3.63, 3.8) is 0 Å². The number of hydrogen-bond donors (Lipinski definition) is 1. The molecule has 0 radical (unpaired) electrons. The first-order chi connectivity index (χ1) is 11.3. The monoisotopic (exact) mass is 343 g/mol. The summed E-state index contributed by atoms with van der Waals surface area (Å²) in [5.41, 5.74) is -0.492. The van der Waals surface area contributed by atoms with Gasteiger partial charge in [-0.1, -0.05) is 11.2 Å². The lowest BCUT2D eigenvalue weighted by Gasteiger charge is -2.11. The SMILES string of the molecule is COCCc1noc(CNC(=O)c2cc(C(F)(F)F)ccc2C)n1. The highest BCUT2D eigenvalue weighted by Gasteiger charge is 2.31. The second kappa shape index (κ2) is 7.43. The number of halogens is 3. The summed E-state index contributed by atoms with van der Waals surface area (Å²) in [6.45, 7) is 1.91. The average molecular weight is 343 g/mol. The Morgan fingerprint density at radius 3 is 2.79 bits per heavy atom. The van der Waals surface area contributed by atoms with E-state index in [0.29, 0.717) is 24.4 Å². The number of alkyl halides is 3. The number of methoxy groups -OCH3 is 1. The number of aryl methyl sites for hydroxylation is 1. The fraction of sp³-hybridized carbons (Fsp3) is 0.400. The molecule has 0 aliphatic carbocycles. The maximum atomic E-state index is 12.7. The Morgan fingerprint density at radius 1 is 1.38 bits per heavy atom. The summed E-state index contributed by atoms with van der Waals surface area (Å²) in [6, 6.07) is 3.02. The lowest BCUT2D eigenvalue weighted by Crippen LogP contribution is -2.24. The summed E-state index contributed by atoms with van der Waals surface area (Å²) in [6.07, 6.45) is -4.05. The van der Waals surface area contributed by atoms with E-state index in [4.69, 9.17) is 9.26 Å². The van der Waals surface area contributed by atoms with Gasteiger partial charge in [-0.2, -0.15) is 18.2 Å². The van der Waals surface area contributed by atoms with Crippen LogP contribution in [0.5, 0.6) is 0 Å². The van der Waals surface area contributed by atoms with Gasteiger partial charge in [0, 0.05) is 19.1 Å². The molecule has 1 aromatic heterocycles. The number of carbonyl (C=O) groups is 1. The van der Waals surface area contributed by atoms with Crippen LogP contribution in [-0.4, -0.2) is 29.8 Å². The number of nitrogens with one attached hydrogen (secondary N) is 1. The highest BCUT2D eigenvalue weighted by Crippen LogP contribution is 2.30. The van der Waals surface area contributed by atoms with Crippen LogP contribution in [0.4, 0.5) is 13.2 Å². The molecule has 0 aliphatic heterocycles. The third-order valence-electron chi connectivity index (χ3n) is 3.25. The molecule has 0 bridgehead atoms. The maximum absolute atomic E-state index is 12.7. The third kappa shape index (κ3) is 4.54. The molecule has 1 amide bonds. The van der Waals surface area contributed by atoms with Crippen molar-refractivity contribution in [2.75, 3.05) is 13.7 Å². The molecule has 24 heavy (non-hydrogen) atoms. The summed E-state index contributed by atoms with van der Waals surface area (Å²) >= 11 is 0. The molecule has 0 saturated carbocycles. The van der Waals surface area contributed by atoms with Gasteiger partial charge in [0.05, 0.1) is 18.7 Å². The molecule has 0 fully saturated rings. The number of ether oxygens (including phenoxy) is 1. The van der Waals surface area contributed by atoms with Crippen molar-refractivity contribution in [3.05, 3.63) is 46.6 Å². The first-order valence-corrected chi connectivity index (χ1v) is 7.07. The van der Waals surface area contributed by atoms with Gasteiger partial charge in [0.1, 0.15) is 0 Å². The normalized spacial score (nSPS) is 11.5. The van der Waals surface area contributed by atoms with Crippen molar-refractivity contribution in [2.45, 2.75) is 26.1 Å². The number of benzene rings is 1. The van der Waals surface area contributed by atoms with Gasteiger partial charge in [-0.15, -0.1) is 0 Å². The molecule has 1 N–H and O–H groups in total. The number of aromatic nitrogens is 2. The number of nitrogens with zero attached hydrogens (tertiary/aromatic N) is 2. The molecule has 0 spiro atoms. The van der Waals surface area contributed by atoms with Crippen molar-refractivity contribution >= 4 is 5.91 Å². The standard InChI is InChI=1S/C15H16F3N3O3/c1-9-3-4-10(15(16,17)18)7-11(9)14(22)19-8-13-20-12(21-24-13)5-6-23-2/h3-4,7H,5-6,8H2,1-2H3,(H,19,22). The topological polar surface area (TPSA) is 77.3 Å². The van der Waals surface area contributed by atoms with E-state index in [2.05, 4.69) is 15.5 Å². The van der Waals surface area contributed by atoms with Crippen LogP contribution >= 0.6 is 0 Å². The summed E-state index contributed by atoms with van der Waals surface area (Å²) in [7, 11) is 1.54. The summed E-state index contributed by atoms with van der Waals surface area (Å²) in [5, 5.41) is 6.17. The van der Waals surface area contributed by atoms with Crippen LogP contribution < -0.4 is 5.32 Å². The minimum absolute atomic E-state index is 0.0519. The molecule has 0 unspecified atom stereocenters. The van der Waals surface area contributed by atoms with Gasteiger partial charge in [0.2, 0.25) is 5.89 Å². The predicted molar refractivity (Wildman–Crippen MR) is 77.2 cm³/mol. The maximum Gasteiger partial charge on any atom is 0.416 e. The molecular formula is C15H16F3N3O3. The van der Waals surface area contributed by atoms with Gasteiger partial charge in [0.25, 0.3) is 5.91 Å². The van der Waals surface area contributed by atoms with E-state index in [0.717, 1.165) is 12.1 Å². The Kier molecular flexibility index (Phi) is 5.55. The van der Waals surface area contributed by atoms with E-state index in [1.54, 1.807) is 14.0 Å². The zero-order chi connectivity index (χ0) is 17.7. The van der Waals surface area contributed by atoms with E-state index >= 15 is 0 Å². The fourth-order valence-electron chi connectivity index (χ4n) is 1.95. The Hall–Kier alpha value is -2.42. The number of rotatable bonds is 6. The van der Waals surface area contributed by atoms with E-state index in [-0.39, 0.29) is 18.0 Å². The molecule has 0 saturated heterocycles. The molecule has 0 aliphatic rings. The molecule has 130 valence electrons. The lowest BCUT2D eigenvalue weighted by molar-refractivity contribution is -0.137. The highest BCUT2D eigenvalue weighted by atomic mass is 19.4. The van der Waals surface area contributed by atoms with Gasteiger partial charge < -0.3 is 14.6 Å². The zero-order valence-electron chi connectivity index (χ0n) is 13.1. The molecule has 1 aromatic carbocycles. The van der Waals surface area contributed by atoms with Crippen LogP contribution in [0.15, 0.2) is 22.7 Å². The lowest BCUT2D eigenvalue weighted by atomic mass is 10.0. The first kappa shape index (κ1) is 17.9. The van der Waals surface area contributed by atoms with Crippen molar-refractivity contribution in [1.29, 1.82) is 0 Å². The van der Waals surface area contributed by atoms with E-state index in [1.165, 1.54) is 6.07 Å². The largest absolute Gasteiger partial charge is 0.416 e. The minimum Gasteiger partial charge on any atom is -0.384 e. The molecule has 6 nitrogen and oxygen atoms in total. The predicted octanol–water partition coefficient (Wildman–Crippen LogP) is 2.52. The van der Waals surface area contributed by atoms with Crippen LogP contribution in [0.25, 0.3) is 0 Å². The Morgan fingerprint density at radius 2 is 2.12 bits per heavy atom. The van der Waals surface area contributed by atoms with Crippen LogP contribution in [0.1, 0.15) is 33.2 Å². The van der Waals surface area contributed by atoms with Gasteiger partial charge in [-0.05, 0) is 24.6 Å². The van der Waals surface area contributed by atoms with Crippen molar-refractivity contribution in [2.24, 2.45) is 0 Å². The van der Waals surface area contributed by atoms with E-state index < -0.39 is 17.6 Å². The fourth-order valence-corrected chi connectivity index (χ4v) is 1.95. The van der Waals surface area contributed by atoms with Gasteiger partial charge >= 0.3 is 6.18 Å². The summed E-state index contributed by atoms with van der Waals surface area (Å²) < 4.78 is 48.1. The zero-order valence-corrected chi connectivity index (χ0v) is 13.1. The van der Waals surface area contributed by atoms with E-state index in [1.807, 2.05) is 0 Å². The first-order valence-electron chi connectivity index (χ1n) is 7.07. The number of amides is 1. The van der Waals surface area contributed by atoms with Crippen LogP contribution in [-0.2, 0) is 23.9 Å². The highest BCUT2D eigenvalue weighted by molar-refractivity contribution is 5.95. The van der Waals surface area contributed by atoms with E-state index in [9.17, 15) is 18.0 Å². The quantitative estimate of drug-likeness (QED) is 0.872. The van der Waals surface area contributed by atoms with Crippen LogP contribution in [0, 0.1) is 6.92 Å². The molecule has 1 heterocycles. The van der Waals surface area contributed by atoms with Gasteiger partial charge in [-0.3, -0.25) is 4.79 Å². The van der Waals surface area contributed by atoms with Crippen molar-refractivity contribution in [3.8, 4) is 0 Å². The van der Waals surface area contributed by atoms with Gasteiger partial charge in [-0.25, -0.2) is 0 Å². The molecule has 0 atom stereocenters. The molecule has 9 heteroatoms. The third-order valence-corrected chi connectivity index (χ3v) is 3.25. The average Bonchev–Trinajstić information content (AvgIpc) is 2.97. The Labute approximate surface area is 136 Å². The van der Waals surface area contributed by atoms with Crippen molar-refractivity contribution < 1.29 is 27.2 Å². The van der Waals surface area contributed by atoms with Gasteiger partial charge in [0.15, 0.2) is 5.82 Å².